The number of imidazole rings is 1. The number of nitrogens with zero attached hydrogens (tertiary/aromatic N) is 3. The third-order valence-electron chi connectivity index (χ3n) is 1.42. The Bertz CT molecular complexity index is 307. The molecule has 6 heteroatoms. The maximum atomic E-state index is 10.4. The number of hydrogen-bond acceptors (Lipinski definition) is 3. The van der Waals surface area contributed by atoms with Gasteiger partial charge in [0.25, 0.3) is 0 Å². The standard InChI is InChI=1S/C5H6BrN3O2/c1-3-7-4(6)5(8(3)2)9(10)11/h1-2H3. The van der Waals surface area contributed by atoms with Crippen LogP contribution in [0.3, 0.4) is 0 Å². The van der Waals surface area contributed by atoms with Crippen LogP contribution >= 0.6 is 15.9 Å². The number of hydrogen-bond donors (Lipinski definition) is 0. The summed E-state index contributed by atoms with van der Waals surface area (Å²) in [7, 11) is 1.60. The first-order valence-electron chi connectivity index (χ1n) is 2.87. The molecule has 0 atom stereocenters. The van der Waals surface area contributed by atoms with Gasteiger partial charge in [-0.2, -0.15) is 4.98 Å². The molecule has 0 unspecified atom stereocenters. The molecule has 11 heavy (non-hydrogen) atoms. The van der Waals surface area contributed by atoms with E-state index in [1.165, 1.54) is 4.57 Å². The Labute approximate surface area is 71.3 Å². The highest BCUT2D eigenvalue weighted by molar-refractivity contribution is 9.10. The van der Waals surface area contributed by atoms with Crippen molar-refractivity contribution in [3.8, 4) is 0 Å². The minimum atomic E-state index is -0.468. The van der Waals surface area contributed by atoms with E-state index in [1.807, 2.05) is 0 Å². The molecule has 0 N–H and O–H groups in total. The zero-order valence-electron chi connectivity index (χ0n) is 6.04. The first-order chi connectivity index (χ1) is 5.04. The SMILES string of the molecule is Cc1nc(Br)c([N+](=O)[O-])n1C. The number of halogens is 1. The summed E-state index contributed by atoms with van der Waals surface area (Å²) in [6.45, 7) is 1.71. The van der Waals surface area contributed by atoms with Crippen LogP contribution < -0.4 is 0 Å². The summed E-state index contributed by atoms with van der Waals surface area (Å²) < 4.78 is 1.70. The van der Waals surface area contributed by atoms with Crippen molar-refractivity contribution in [3.63, 3.8) is 0 Å². The molecular formula is C5H6BrN3O2. The van der Waals surface area contributed by atoms with Crippen LogP contribution in [0.25, 0.3) is 0 Å². The molecule has 0 aliphatic heterocycles. The molecule has 0 saturated heterocycles. The quantitative estimate of drug-likeness (QED) is 0.530. The van der Waals surface area contributed by atoms with Gasteiger partial charge >= 0.3 is 5.82 Å². The summed E-state index contributed by atoms with van der Waals surface area (Å²) in [5.74, 6) is 0.603. The second kappa shape index (κ2) is 2.61. The molecule has 1 aromatic heterocycles. The van der Waals surface area contributed by atoms with Gasteiger partial charge in [-0.15, -0.1) is 0 Å². The summed E-state index contributed by atoms with van der Waals surface area (Å²) in [5, 5.41) is 10.4. The van der Waals surface area contributed by atoms with Crippen LogP contribution in [0.2, 0.25) is 0 Å². The smallest absolute Gasteiger partial charge is 0.357 e. The van der Waals surface area contributed by atoms with Crippen LogP contribution in [0.1, 0.15) is 5.82 Å². The molecule has 1 heterocycles. The summed E-state index contributed by atoms with van der Waals surface area (Å²) in [5.41, 5.74) is 0. The Morgan fingerprint density at radius 3 is 2.45 bits per heavy atom. The first-order valence-corrected chi connectivity index (χ1v) is 3.66. The average molecular weight is 220 g/mol. The van der Waals surface area contributed by atoms with Crippen molar-refractivity contribution in [2.24, 2.45) is 7.05 Å². The molecule has 0 fully saturated rings. The van der Waals surface area contributed by atoms with E-state index in [9.17, 15) is 10.1 Å². The molecule has 0 aromatic carbocycles. The van der Waals surface area contributed by atoms with Crippen molar-refractivity contribution in [1.82, 2.24) is 9.55 Å². The largest absolute Gasteiger partial charge is 0.358 e. The highest BCUT2D eigenvalue weighted by atomic mass is 79.9. The highest BCUT2D eigenvalue weighted by Crippen LogP contribution is 2.23. The molecule has 0 amide bonds. The summed E-state index contributed by atoms with van der Waals surface area (Å²) in [4.78, 5) is 13.8. The van der Waals surface area contributed by atoms with E-state index in [2.05, 4.69) is 20.9 Å². The van der Waals surface area contributed by atoms with Gasteiger partial charge in [-0.25, -0.2) is 4.57 Å². The topological polar surface area (TPSA) is 61.0 Å². The van der Waals surface area contributed by atoms with E-state index >= 15 is 0 Å². The van der Waals surface area contributed by atoms with Gasteiger partial charge < -0.3 is 10.1 Å². The van der Waals surface area contributed by atoms with Crippen LogP contribution in [-0.4, -0.2) is 14.5 Å². The Morgan fingerprint density at radius 1 is 1.73 bits per heavy atom. The molecule has 0 bridgehead atoms. The van der Waals surface area contributed by atoms with Gasteiger partial charge in [-0.05, 0) is 20.9 Å². The van der Waals surface area contributed by atoms with E-state index in [0.717, 1.165) is 0 Å². The van der Waals surface area contributed by atoms with Crippen molar-refractivity contribution in [1.29, 1.82) is 0 Å². The maximum Gasteiger partial charge on any atom is 0.357 e. The second-order valence-electron chi connectivity index (χ2n) is 2.09. The fourth-order valence-electron chi connectivity index (χ4n) is 0.757. The van der Waals surface area contributed by atoms with Gasteiger partial charge in [0.1, 0.15) is 0 Å². The van der Waals surface area contributed by atoms with Crippen LogP contribution in [0.4, 0.5) is 5.82 Å². The van der Waals surface area contributed by atoms with Crippen molar-refractivity contribution in [2.75, 3.05) is 0 Å². The maximum absolute atomic E-state index is 10.4. The van der Waals surface area contributed by atoms with Gasteiger partial charge in [0.15, 0.2) is 5.82 Å². The Hall–Kier alpha value is -0.910. The van der Waals surface area contributed by atoms with E-state index in [4.69, 9.17) is 0 Å². The second-order valence-corrected chi connectivity index (χ2v) is 2.84. The molecule has 60 valence electrons. The van der Waals surface area contributed by atoms with Crippen LogP contribution in [-0.2, 0) is 7.05 Å². The lowest BCUT2D eigenvalue weighted by molar-refractivity contribution is -0.392. The molecule has 5 nitrogen and oxygen atoms in total. The predicted molar refractivity (Wildman–Crippen MR) is 42.3 cm³/mol. The molecular weight excluding hydrogens is 214 g/mol. The fraction of sp³-hybridized carbons (Fsp3) is 0.400. The van der Waals surface area contributed by atoms with E-state index < -0.39 is 4.92 Å². The highest BCUT2D eigenvalue weighted by Gasteiger charge is 2.19. The van der Waals surface area contributed by atoms with Crippen LogP contribution in [0, 0.1) is 17.0 Å². The average Bonchev–Trinajstić information content (AvgIpc) is 2.07. The fourth-order valence-corrected chi connectivity index (χ4v) is 1.42. The van der Waals surface area contributed by atoms with Gasteiger partial charge in [0.2, 0.25) is 4.60 Å². The van der Waals surface area contributed by atoms with E-state index in [-0.39, 0.29) is 10.4 Å². The van der Waals surface area contributed by atoms with Gasteiger partial charge in [-0.1, -0.05) is 0 Å². The molecule has 1 aromatic rings. The molecule has 0 spiro atoms. The van der Waals surface area contributed by atoms with Gasteiger partial charge in [0, 0.05) is 6.92 Å². The lowest BCUT2D eigenvalue weighted by Gasteiger charge is -1.93. The van der Waals surface area contributed by atoms with Crippen molar-refractivity contribution < 1.29 is 4.92 Å². The van der Waals surface area contributed by atoms with Gasteiger partial charge in [0.05, 0.1) is 7.05 Å². The molecule has 1 rings (SSSR count). The molecule has 0 aliphatic carbocycles. The molecule has 0 saturated carbocycles. The molecule has 0 radical (unpaired) electrons. The summed E-state index contributed by atoms with van der Waals surface area (Å²) >= 11 is 2.99. The number of aryl methyl sites for hydroxylation is 1. The van der Waals surface area contributed by atoms with Crippen molar-refractivity contribution in [2.45, 2.75) is 6.92 Å². The Morgan fingerprint density at radius 2 is 2.27 bits per heavy atom. The van der Waals surface area contributed by atoms with Gasteiger partial charge in [-0.3, -0.25) is 0 Å². The third kappa shape index (κ3) is 1.25. The number of aromatic nitrogens is 2. The van der Waals surface area contributed by atoms with Crippen LogP contribution in [0.15, 0.2) is 4.60 Å². The van der Waals surface area contributed by atoms with E-state index in [0.29, 0.717) is 5.82 Å². The monoisotopic (exact) mass is 219 g/mol. The minimum absolute atomic E-state index is 0.0116. The Balaban J connectivity index is 3.34. The Kier molecular flexibility index (Phi) is 1.95. The van der Waals surface area contributed by atoms with E-state index in [1.54, 1.807) is 14.0 Å². The van der Waals surface area contributed by atoms with Crippen LogP contribution in [0.5, 0.6) is 0 Å². The zero-order chi connectivity index (χ0) is 8.59. The third-order valence-corrected chi connectivity index (χ3v) is 1.95. The predicted octanol–water partition coefficient (Wildman–Crippen LogP) is 1.40. The lowest BCUT2D eigenvalue weighted by atomic mass is 10.7. The first kappa shape index (κ1) is 8.19. The lowest BCUT2D eigenvalue weighted by Crippen LogP contribution is -1.98. The number of rotatable bonds is 1. The summed E-state index contributed by atoms with van der Waals surface area (Å²) in [6, 6.07) is 0. The zero-order valence-corrected chi connectivity index (χ0v) is 7.62. The molecule has 0 aliphatic rings. The minimum Gasteiger partial charge on any atom is -0.358 e. The van der Waals surface area contributed by atoms with Crippen molar-refractivity contribution in [3.05, 3.63) is 20.5 Å². The summed E-state index contributed by atoms with van der Waals surface area (Å²) in [6.07, 6.45) is 0. The number of nitro groups is 1. The van der Waals surface area contributed by atoms with Crippen molar-refractivity contribution >= 4 is 21.7 Å². The normalized spacial score (nSPS) is 10.1.